The molecule has 94 valence electrons. The summed E-state index contributed by atoms with van der Waals surface area (Å²) in [5, 5.41) is 5.16. The molecule has 0 unspecified atom stereocenters. The summed E-state index contributed by atoms with van der Waals surface area (Å²) in [6.45, 7) is 0.687. The molecule has 0 amide bonds. The van der Waals surface area contributed by atoms with Crippen LogP contribution in [0.25, 0.3) is 11.1 Å². The highest BCUT2D eigenvalue weighted by Gasteiger charge is 2.03. The van der Waals surface area contributed by atoms with Crippen molar-refractivity contribution >= 4 is 11.6 Å². The van der Waals surface area contributed by atoms with Crippen LogP contribution < -0.4 is 0 Å². The first-order valence-electron chi connectivity index (χ1n) is 6.14. The van der Waals surface area contributed by atoms with Crippen LogP contribution in [0, 0.1) is 0 Å². The molecular formula is C16H13ClN2. The number of hydrogen-bond donors (Lipinski definition) is 0. The highest BCUT2D eigenvalue weighted by Crippen LogP contribution is 2.20. The molecular weight excluding hydrogens is 256 g/mol. The summed E-state index contributed by atoms with van der Waals surface area (Å²) in [7, 11) is 0. The molecule has 0 aliphatic heterocycles. The second-order valence-corrected chi connectivity index (χ2v) is 4.79. The van der Waals surface area contributed by atoms with Gasteiger partial charge in [-0.05, 0) is 17.2 Å². The maximum Gasteiger partial charge on any atom is 0.0674 e. The highest BCUT2D eigenvalue weighted by molar-refractivity contribution is 6.31. The fourth-order valence-corrected chi connectivity index (χ4v) is 2.23. The van der Waals surface area contributed by atoms with Gasteiger partial charge in [-0.1, -0.05) is 60.1 Å². The van der Waals surface area contributed by atoms with E-state index in [0.717, 1.165) is 16.1 Å². The van der Waals surface area contributed by atoms with Crippen molar-refractivity contribution in [2.24, 2.45) is 0 Å². The van der Waals surface area contributed by atoms with Crippen LogP contribution in [-0.2, 0) is 6.54 Å². The van der Waals surface area contributed by atoms with Gasteiger partial charge < -0.3 is 0 Å². The molecule has 1 heterocycles. The number of rotatable bonds is 3. The first-order chi connectivity index (χ1) is 9.33. The zero-order valence-corrected chi connectivity index (χ0v) is 11.1. The molecule has 0 N–H and O–H groups in total. The third-order valence-corrected chi connectivity index (χ3v) is 3.40. The number of hydrogen-bond acceptors (Lipinski definition) is 1. The Labute approximate surface area is 117 Å². The van der Waals surface area contributed by atoms with E-state index in [1.807, 2.05) is 59.5 Å². The first kappa shape index (κ1) is 12.0. The normalized spacial score (nSPS) is 10.6. The van der Waals surface area contributed by atoms with Gasteiger partial charge >= 0.3 is 0 Å². The van der Waals surface area contributed by atoms with Gasteiger partial charge in [0.2, 0.25) is 0 Å². The molecule has 19 heavy (non-hydrogen) atoms. The smallest absolute Gasteiger partial charge is 0.0674 e. The van der Waals surface area contributed by atoms with Crippen LogP contribution in [0.2, 0.25) is 5.02 Å². The van der Waals surface area contributed by atoms with Crippen molar-refractivity contribution in [3.8, 4) is 11.1 Å². The van der Waals surface area contributed by atoms with Gasteiger partial charge in [-0.3, -0.25) is 4.68 Å². The molecule has 0 aliphatic carbocycles. The topological polar surface area (TPSA) is 17.8 Å². The van der Waals surface area contributed by atoms with E-state index in [4.69, 9.17) is 11.6 Å². The molecule has 0 saturated carbocycles. The fourth-order valence-electron chi connectivity index (χ4n) is 2.03. The highest BCUT2D eigenvalue weighted by atomic mass is 35.5. The van der Waals surface area contributed by atoms with Gasteiger partial charge in [-0.25, -0.2) is 0 Å². The summed E-state index contributed by atoms with van der Waals surface area (Å²) < 4.78 is 1.91. The van der Waals surface area contributed by atoms with Gasteiger partial charge in [0.15, 0.2) is 0 Å². The molecule has 0 radical (unpaired) electrons. The lowest BCUT2D eigenvalue weighted by Gasteiger charge is -2.03. The average molecular weight is 269 g/mol. The predicted molar refractivity (Wildman–Crippen MR) is 78.2 cm³/mol. The fraction of sp³-hybridized carbons (Fsp3) is 0.0625. The Hall–Kier alpha value is -2.06. The zero-order valence-electron chi connectivity index (χ0n) is 10.3. The van der Waals surface area contributed by atoms with Gasteiger partial charge in [-0.2, -0.15) is 5.10 Å². The minimum Gasteiger partial charge on any atom is -0.268 e. The van der Waals surface area contributed by atoms with Gasteiger partial charge in [0.25, 0.3) is 0 Å². The standard InChI is InChI=1S/C16H13ClN2/c17-16-9-5-4-8-14(16)11-19-12-15(10-18-19)13-6-2-1-3-7-13/h1-10,12H,11H2. The van der Waals surface area contributed by atoms with Crippen LogP contribution in [0.15, 0.2) is 67.0 Å². The second kappa shape index (κ2) is 5.29. The first-order valence-corrected chi connectivity index (χ1v) is 6.52. The predicted octanol–water partition coefficient (Wildman–Crippen LogP) is 4.25. The van der Waals surface area contributed by atoms with E-state index in [-0.39, 0.29) is 0 Å². The number of aromatic nitrogens is 2. The lowest BCUT2D eigenvalue weighted by atomic mass is 10.1. The largest absolute Gasteiger partial charge is 0.268 e. The minimum absolute atomic E-state index is 0.687. The summed E-state index contributed by atoms with van der Waals surface area (Å²) >= 11 is 6.16. The van der Waals surface area contributed by atoms with E-state index in [0.29, 0.717) is 6.54 Å². The molecule has 0 spiro atoms. The molecule has 0 saturated heterocycles. The van der Waals surface area contributed by atoms with E-state index in [1.54, 1.807) is 0 Å². The van der Waals surface area contributed by atoms with E-state index in [1.165, 1.54) is 5.56 Å². The molecule has 1 aromatic heterocycles. The van der Waals surface area contributed by atoms with Crippen LogP contribution in [-0.4, -0.2) is 9.78 Å². The minimum atomic E-state index is 0.687. The number of benzene rings is 2. The van der Waals surface area contributed by atoms with Crippen molar-refractivity contribution in [2.75, 3.05) is 0 Å². The third-order valence-electron chi connectivity index (χ3n) is 3.03. The van der Waals surface area contributed by atoms with Crippen molar-refractivity contribution in [3.05, 3.63) is 77.6 Å². The Kier molecular flexibility index (Phi) is 3.34. The summed E-state index contributed by atoms with van der Waals surface area (Å²) in [6.07, 6.45) is 3.92. The molecule has 0 fully saturated rings. The van der Waals surface area contributed by atoms with Crippen LogP contribution in [0.4, 0.5) is 0 Å². The molecule has 3 heteroatoms. The molecule has 3 rings (SSSR count). The average Bonchev–Trinajstić information content (AvgIpc) is 2.91. The Bertz CT molecular complexity index is 674. The summed E-state index contributed by atoms with van der Waals surface area (Å²) in [5.74, 6) is 0. The maximum atomic E-state index is 6.16. The van der Waals surface area contributed by atoms with Gasteiger partial charge in [-0.15, -0.1) is 0 Å². The van der Waals surface area contributed by atoms with Crippen molar-refractivity contribution in [3.63, 3.8) is 0 Å². The summed E-state index contributed by atoms with van der Waals surface area (Å²) in [4.78, 5) is 0. The van der Waals surface area contributed by atoms with Crippen molar-refractivity contribution < 1.29 is 0 Å². The van der Waals surface area contributed by atoms with Crippen LogP contribution in [0.1, 0.15) is 5.56 Å². The van der Waals surface area contributed by atoms with E-state index >= 15 is 0 Å². The Morgan fingerprint density at radius 2 is 1.63 bits per heavy atom. The van der Waals surface area contributed by atoms with Crippen LogP contribution >= 0.6 is 11.6 Å². The van der Waals surface area contributed by atoms with Gasteiger partial charge in [0, 0.05) is 16.8 Å². The lowest BCUT2D eigenvalue weighted by molar-refractivity contribution is 0.687. The number of halogens is 1. The summed E-state index contributed by atoms with van der Waals surface area (Å²) in [6, 6.07) is 18.1. The molecule has 3 aromatic rings. The quantitative estimate of drug-likeness (QED) is 0.694. The SMILES string of the molecule is Clc1ccccc1Cn1cc(-c2ccccc2)cn1. The van der Waals surface area contributed by atoms with Crippen LogP contribution in [0.5, 0.6) is 0 Å². The van der Waals surface area contributed by atoms with Crippen molar-refractivity contribution in [2.45, 2.75) is 6.54 Å². The van der Waals surface area contributed by atoms with E-state index in [9.17, 15) is 0 Å². The second-order valence-electron chi connectivity index (χ2n) is 4.38. The molecule has 0 aliphatic rings. The molecule has 2 nitrogen and oxygen atoms in total. The van der Waals surface area contributed by atoms with Gasteiger partial charge in [0.1, 0.15) is 0 Å². The number of nitrogens with zero attached hydrogens (tertiary/aromatic N) is 2. The molecule has 0 bridgehead atoms. The maximum absolute atomic E-state index is 6.16. The van der Waals surface area contributed by atoms with E-state index < -0.39 is 0 Å². The molecule has 2 aromatic carbocycles. The monoisotopic (exact) mass is 268 g/mol. The van der Waals surface area contributed by atoms with Crippen LogP contribution in [0.3, 0.4) is 0 Å². The summed E-state index contributed by atoms with van der Waals surface area (Å²) in [5.41, 5.74) is 3.37. The van der Waals surface area contributed by atoms with Crippen molar-refractivity contribution in [1.29, 1.82) is 0 Å². The Morgan fingerprint density at radius 3 is 2.42 bits per heavy atom. The Balaban J connectivity index is 1.85. The molecule has 0 atom stereocenters. The van der Waals surface area contributed by atoms with Crippen molar-refractivity contribution in [1.82, 2.24) is 9.78 Å². The van der Waals surface area contributed by atoms with E-state index in [2.05, 4.69) is 17.2 Å². The zero-order chi connectivity index (χ0) is 13.1. The Morgan fingerprint density at radius 1 is 0.895 bits per heavy atom. The van der Waals surface area contributed by atoms with Gasteiger partial charge in [0.05, 0.1) is 12.7 Å². The lowest BCUT2D eigenvalue weighted by Crippen LogP contribution is -2.00. The third kappa shape index (κ3) is 2.69.